The molecule has 0 saturated heterocycles. The molecule has 3 nitrogen and oxygen atoms in total. The number of aromatic nitrogens is 2. The molecule has 0 bridgehead atoms. The zero-order chi connectivity index (χ0) is 14.1. The van der Waals surface area contributed by atoms with Crippen LogP contribution in [-0.2, 0) is 0 Å². The lowest BCUT2D eigenvalue weighted by Crippen LogP contribution is -2.01. The molecule has 1 unspecified atom stereocenters. The molecular weight excluding hydrogens is 255 g/mol. The number of halogens is 1. The molecule has 100 valence electrons. The van der Waals surface area contributed by atoms with Crippen molar-refractivity contribution in [2.75, 3.05) is 0 Å². The number of hydrogen-bond acceptors (Lipinski definition) is 3. The van der Waals surface area contributed by atoms with Crippen molar-refractivity contribution in [3.05, 3.63) is 71.3 Å². The Kier molecular flexibility index (Phi) is 3.16. The summed E-state index contributed by atoms with van der Waals surface area (Å²) in [5.74, 6) is -0.317. The SMILES string of the molecule is Cc1ccc(C(O)c2ccc3nccnc3c2)cc1F. The summed E-state index contributed by atoms with van der Waals surface area (Å²) in [6, 6.07) is 10.1. The van der Waals surface area contributed by atoms with Crippen molar-refractivity contribution in [1.82, 2.24) is 9.97 Å². The molecule has 1 aromatic heterocycles. The number of hydrogen-bond donors (Lipinski definition) is 1. The smallest absolute Gasteiger partial charge is 0.126 e. The predicted octanol–water partition coefficient (Wildman–Crippen LogP) is 3.16. The zero-order valence-electron chi connectivity index (χ0n) is 10.9. The molecule has 0 aliphatic rings. The van der Waals surface area contributed by atoms with Crippen molar-refractivity contribution in [2.45, 2.75) is 13.0 Å². The lowest BCUT2D eigenvalue weighted by atomic mass is 10.00. The van der Waals surface area contributed by atoms with E-state index in [2.05, 4.69) is 9.97 Å². The van der Waals surface area contributed by atoms with Crippen LogP contribution >= 0.6 is 0 Å². The Hall–Kier alpha value is -2.33. The largest absolute Gasteiger partial charge is 0.384 e. The van der Waals surface area contributed by atoms with Crippen LogP contribution in [0.1, 0.15) is 22.8 Å². The molecule has 1 N–H and O–H groups in total. The van der Waals surface area contributed by atoms with Gasteiger partial charge < -0.3 is 5.11 Å². The van der Waals surface area contributed by atoms with Gasteiger partial charge in [0.25, 0.3) is 0 Å². The highest BCUT2D eigenvalue weighted by molar-refractivity contribution is 5.74. The second-order valence-corrected chi connectivity index (χ2v) is 4.72. The van der Waals surface area contributed by atoms with E-state index >= 15 is 0 Å². The van der Waals surface area contributed by atoms with E-state index in [-0.39, 0.29) is 5.82 Å². The van der Waals surface area contributed by atoms with Gasteiger partial charge in [0.05, 0.1) is 11.0 Å². The Morgan fingerprint density at radius 3 is 2.35 bits per heavy atom. The molecule has 0 aliphatic heterocycles. The first kappa shape index (κ1) is 12.7. The van der Waals surface area contributed by atoms with Gasteiger partial charge in [0.2, 0.25) is 0 Å². The molecule has 0 fully saturated rings. The second-order valence-electron chi connectivity index (χ2n) is 4.72. The molecule has 0 radical (unpaired) electrons. The quantitative estimate of drug-likeness (QED) is 0.776. The van der Waals surface area contributed by atoms with Crippen molar-refractivity contribution in [1.29, 1.82) is 0 Å². The number of fused-ring (bicyclic) bond motifs is 1. The molecule has 0 amide bonds. The lowest BCUT2D eigenvalue weighted by Gasteiger charge is -2.12. The van der Waals surface area contributed by atoms with E-state index in [9.17, 15) is 9.50 Å². The van der Waals surface area contributed by atoms with Crippen molar-refractivity contribution in [3.63, 3.8) is 0 Å². The highest BCUT2D eigenvalue weighted by Crippen LogP contribution is 2.25. The fourth-order valence-corrected chi connectivity index (χ4v) is 2.12. The van der Waals surface area contributed by atoms with Gasteiger partial charge in [0, 0.05) is 12.4 Å². The van der Waals surface area contributed by atoms with Crippen LogP contribution in [0, 0.1) is 12.7 Å². The van der Waals surface area contributed by atoms with Crippen LogP contribution in [0.4, 0.5) is 4.39 Å². The Bertz CT molecular complexity index is 773. The summed E-state index contributed by atoms with van der Waals surface area (Å²) in [6.45, 7) is 1.69. The van der Waals surface area contributed by atoms with Crippen LogP contribution in [0.25, 0.3) is 11.0 Å². The Morgan fingerprint density at radius 2 is 1.60 bits per heavy atom. The molecule has 3 rings (SSSR count). The fraction of sp³-hybridized carbons (Fsp3) is 0.125. The zero-order valence-corrected chi connectivity index (χ0v) is 10.9. The highest BCUT2D eigenvalue weighted by Gasteiger charge is 2.13. The molecule has 20 heavy (non-hydrogen) atoms. The van der Waals surface area contributed by atoms with Crippen molar-refractivity contribution in [2.24, 2.45) is 0 Å². The van der Waals surface area contributed by atoms with Gasteiger partial charge in [0.15, 0.2) is 0 Å². The van der Waals surface area contributed by atoms with Crippen LogP contribution in [0.2, 0.25) is 0 Å². The van der Waals surface area contributed by atoms with Gasteiger partial charge in [-0.2, -0.15) is 0 Å². The van der Waals surface area contributed by atoms with Crippen molar-refractivity contribution >= 4 is 11.0 Å². The van der Waals surface area contributed by atoms with Gasteiger partial charge in [-0.3, -0.25) is 9.97 Å². The van der Waals surface area contributed by atoms with E-state index in [1.165, 1.54) is 6.07 Å². The molecular formula is C16H13FN2O. The third kappa shape index (κ3) is 2.26. The van der Waals surface area contributed by atoms with E-state index in [0.29, 0.717) is 22.2 Å². The number of aryl methyl sites for hydroxylation is 1. The fourth-order valence-electron chi connectivity index (χ4n) is 2.12. The van der Waals surface area contributed by atoms with Crippen LogP contribution in [0.15, 0.2) is 48.8 Å². The Balaban J connectivity index is 2.02. The Labute approximate surface area is 115 Å². The number of aliphatic hydroxyl groups excluding tert-OH is 1. The molecule has 2 aromatic carbocycles. The number of nitrogens with zero attached hydrogens (tertiary/aromatic N) is 2. The normalized spacial score (nSPS) is 12.6. The van der Waals surface area contributed by atoms with Crippen molar-refractivity contribution in [3.8, 4) is 0 Å². The summed E-state index contributed by atoms with van der Waals surface area (Å²) in [6.07, 6.45) is 2.34. The first-order valence-corrected chi connectivity index (χ1v) is 6.30. The summed E-state index contributed by atoms with van der Waals surface area (Å²) < 4.78 is 13.6. The topological polar surface area (TPSA) is 46.0 Å². The number of rotatable bonds is 2. The van der Waals surface area contributed by atoms with Gasteiger partial charge in [-0.1, -0.05) is 18.2 Å². The van der Waals surface area contributed by atoms with Crippen LogP contribution in [0.5, 0.6) is 0 Å². The van der Waals surface area contributed by atoms with Crippen LogP contribution in [0.3, 0.4) is 0 Å². The van der Waals surface area contributed by atoms with E-state index < -0.39 is 6.10 Å². The molecule has 1 heterocycles. The summed E-state index contributed by atoms with van der Waals surface area (Å²) in [7, 11) is 0. The summed E-state index contributed by atoms with van der Waals surface area (Å²) in [5, 5.41) is 10.4. The molecule has 0 aliphatic carbocycles. The predicted molar refractivity (Wildman–Crippen MR) is 74.7 cm³/mol. The van der Waals surface area contributed by atoms with Gasteiger partial charge in [0.1, 0.15) is 11.9 Å². The number of benzene rings is 2. The molecule has 0 spiro atoms. The van der Waals surface area contributed by atoms with E-state index in [0.717, 1.165) is 5.52 Å². The van der Waals surface area contributed by atoms with Crippen LogP contribution < -0.4 is 0 Å². The summed E-state index contributed by atoms with van der Waals surface area (Å²) in [4.78, 5) is 8.38. The number of aliphatic hydroxyl groups is 1. The van der Waals surface area contributed by atoms with E-state index in [1.807, 2.05) is 0 Å². The minimum Gasteiger partial charge on any atom is -0.384 e. The van der Waals surface area contributed by atoms with Gasteiger partial charge >= 0.3 is 0 Å². The van der Waals surface area contributed by atoms with E-state index in [1.54, 1.807) is 49.6 Å². The monoisotopic (exact) mass is 268 g/mol. The third-order valence-electron chi connectivity index (χ3n) is 3.32. The van der Waals surface area contributed by atoms with Gasteiger partial charge in [-0.05, 0) is 41.8 Å². The second kappa shape index (κ2) is 4.98. The van der Waals surface area contributed by atoms with E-state index in [4.69, 9.17) is 0 Å². The maximum atomic E-state index is 13.6. The standard InChI is InChI=1S/C16H13FN2O/c1-10-2-3-11(8-13(10)17)16(20)12-4-5-14-15(9-12)19-7-6-18-14/h2-9,16,20H,1H3. The molecule has 4 heteroatoms. The summed E-state index contributed by atoms with van der Waals surface area (Å²) in [5.41, 5.74) is 3.22. The third-order valence-corrected chi connectivity index (χ3v) is 3.32. The average molecular weight is 268 g/mol. The first-order chi connectivity index (χ1) is 9.65. The first-order valence-electron chi connectivity index (χ1n) is 6.30. The minimum atomic E-state index is -0.878. The summed E-state index contributed by atoms with van der Waals surface area (Å²) >= 11 is 0. The molecule has 1 atom stereocenters. The molecule has 3 aromatic rings. The van der Waals surface area contributed by atoms with Gasteiger partial charge in [-0.25, -0.2) is 4.39 Å². The van der Waals surface area contributed by atoms with Crippen molar-refractivity contribution < 1.29 is 9.50 Å². The maximum Gasteiger partial charge on any atom is 0.126 e. The minimum absolute atomic E-state index is 0.317. The maximum absolute atomic E-state index is 13.6. The van der Waals surface area contributed by atoms with Crippen LogP contribution in [-0.4, -0.2) is 15.1 Å². The Morgan fingerprint density at radius 1 is 0.950 bits per heavy atom. The lowest BCUT2D eigenvalue weighted by molar-refractivity contribution is 0.220. The molecule has 0 saturated carbocycles. The van der Waals surface area contributed by atoms with Gasteiger partial charge in [-0.15, -0.1) is 0 Å². The average Bonchev–Trinajstić information content (AvgIpc) is 2.49. The highest BCUT2D eigenvalue weighted by atomic mass is 19.1.